The lowest BCUT2D eigenvalue weighted by molar-refractivity contribution is -0.145. The number of benzene rings is 1. The zero-order valence-electron chi connectivity index (χ0n) is 14.6. The lowest BCUT2D eigenvalue weighted by Gasteiger charge is -2.39. The van der Waals surface area contributed by atoms with Gasteiger partial charge in [-0.25, -0.2) is 9.59 Å². The highest BCUT2D eigenvalue weighted by molar-refractivity contribution is 6.30. The van der Waals surface area contributed by atoms with Crippen molar-refractivity contribution >= 4 is 36.1 Å². The van der Waals surface area contributed by atoms with Crippen molar-refractivity contribution in [1.82, 2.24) is 9.80 Å². The van der Waals surface area contributed by atoms with E-state index in [1.54, 1.807) is 20.8 Å². The van der Waals surface area contributed by atoms with Gasteiger partial charge in [0.2, 0.25) is 0 Å². The van der Waals surface area contributed by atoms with Gasteiger partial charge in [-0.05, 0) is 38.5 Å². The number of ether oxygens (including phenoxy) is 1. The second kappa shape index (κ2) is 8.74. The molecule has 140 valence electrons. The third-order valence-corrected chi connectivity index (χ3v) is 3.95. The van der Waals surface area contributed by atoms with Crippen LogP contribution in [0, 0.1) is 0 Å². The lowest BCUT2D eigenvalue weighted by atomic mass is 10.1. The first kappa shape index (κ1) is 21.5. The van der Waals surface area contributed by atoms with Crippen LogP contribution in [0.15, 0.2) is 24.3 Å². The Morgan fingerprint density at radius 2 is 1.84 bits per heavy atom. The van der Waals surface area contributed by atoms with Crippen LogP contribution in [0.1, 0.15) is 26.3 Å². The Hall–Kier alpha value is -1.50. The van der Waals surface area contributed by atoms with Crippen LogP contribution < -0.4 is 0 Å². The predicted molar refractivity (Wildman–Crippen MR) is 98.3 cm³/mol. The van der Waals surface area contributed by atoms with Gasteiger partial charge < -0.3 is 9.84 Å². The average molecular weight is 391 g/mol. The molecule has 8 heteroatoms. The van der Waals surface area contributed by atoms with Gasteiger partial charge in [-0.1, -0.05) is 23.7 Å². The van der Waals surface area contributed by atoms with Gasteiger partial charge in [-0.15, -0.1) is 12.4 Å². The van der Waals surface area contributed by atoms with E-state index in [2.05, 4.69) is 0 Å². The molecule has 1 N–H and O–H groups in total. The largest absolute Gasteiger partial charge is 0.480 e. The second-order valence-corrected chi connectivity index (χ2v) is 7.33. The average Bonchev–Trinajstić information content (AvgIpc) is 2.47. The molecule has 0 bridgehead atoms. The van der Waals surface area contributed by atoms with Gasteiger partial charge in [0.05, 0.1) is 0 Å². The molecule has 1 saturated heterocycles. The van der Waals surface area contributed by atoms with Crippen LogP contribution in [0.25, 0.3) is 0 Å². The van der Waals surface area contributed by atoms with Crippen LogP contribution in [0.2, 0.25) is 5.02 Å². The third-order valence-electron chi connectivity index (χ3n) is 3.70. The van der Waals surface area contributed by atoms with E-state index in [0.717, 1.165) is 5.56 Å². The number of carboxylic acids is 1. The number of carboxylic acid groups (broad SMARTS) is 1. The zero-order chi connectivity index (χ0) is 17.9. The molecule has 1 amide bonds. The van der Waals surface area contributed by atoms with E-state index >= 15 is 0 Å². The number of hydrogen-bond donors (Lipinski definition) is 1. The molecular formula is C17H24Cl2N2O4. The molecule has 1 aliphatic rings. The van der Waals surface area contributed by atoms with Crippen LogP contribution in [-0.2, 0) is 16.1 Å². The Labute approximate surface area is 159 Å². The molecule has 1 atom stereocenters. The molecule has 1 fully saturated rings. The summed E-state index contributed by atoms with van der Waals surface area (Å²) in [6, 6.07) is 6.53. The maximum Gasteiger partial charge on any atom is 0.411 e. The Bertz CT molecular complexity index is 602. The Balaban J connectivity index is 0.00000312. The topological polar surface area (TPSA) is 70.1 Å². The van der Waals surface area contributed by atoms with Gasteiger partial charge in [-0.3, -0.25) is 9.80 Å². The summed E-state index contributed by atoms with van der Waals surface area (Å²) in [5.74, 6) is -1.03. The van der Waals surface area contributed by atoms with E-state index in [1.807, 2.05) is 29.2 Å². The number of amides is 1. The van der Waals surface area contributed by atoms with Crippen molar-refractivity contribution in [2.75, 3.05) is 19.6 Å². The number of halogens is 2. The molecule has 1 aliphatic heterocycles. The molecule has 1 aromatic rings. The number of nitrogens with zero attached hydrogens (tertiary/aromatic N) is 2. The molecule has 0 spiro atoms. The van der Waals surface area contributed by atoms with Crippen LogP contribution in [0.5, 0.6) is 0 Å². The minimum Gasteiger partial charge on any atom is -0.480 e. The van der Waals surface area contributed by atoms with E-state index in [9.17, 15) is 14.7 Å². The number of carbonyl (C=O) groups excluding carboxylic acids is 1. The maximum atomic E-state index is 12.2. The Morgan fingerprint density at radius 1 is 1.24 bits per heavy atom. The molecule has 0 aliphatic carbocycles. The lowest BCUT2D eigenvalue weighted by Crippen LogP contribution is -2.58. The second-order valence-electron chi connectivity index (χ2n) is 6.89. The number of carbonyl (C=O) groups is 2. The molecule has 25 heavy (non-hydrogen) atoms. The van der Waals surface area contributed by atoms with Crippen LogP contribution >= 0.6 is 24.0 Å². The fourth-order valence-corrected chi connectivity index (χ4v) is 2.71. The SMILES string of the molecule is CC(C)(C)OC(=O)N1CCN(Cc2ccc(Cl)cc2)CC1C(=O)O.Cl. The minimum atomic E-state index is -1.03. The molecule has 6 nitrogen and oxygen atoms in total. The number of rotatable bonds is 3. The minimum absolute atomic E-state index is 0. The zero-order valence-corrected chi connectivity index (χ0v) is 16.1. The predicted octanol–water partition coefficient (Wildman–Crippen LogP) is 3.27. The molecule has 1 aromatic carbocycles. The van der Waals surface area contributed by atoms with Crippen molar-refractivity contribution in [3.63, 3.8) is 0 Å². The number of hydrogen-bond acceptors (Lipinski definition) is 4. The molecule has 1 heterocycles. The summed E-state index contributed by atoms with van der Waals surface area (Å²) < 4.78 is 5.31. The quantitative estimate of drug-likeness (QED) is 0.857. The molecule has 0 aromatic heterocycles. The van der Waals surface area contributed by atoms with Crippen LogP contribution in [0.3, 0.4) is 0 Å². The monoisotopic (exact) mass is 390 g/mol. The Morgan fingerprint density at radius 3 is 2.36 bits per heavy atom. The summed E-state index contributed by atoms with van der Waals surface area (Å²) in [4.78, 5) is 27.1. The van der Waals surface area contributed by atoms with Gasteiger partial charge in [-0.2, -0.15) is 0 Å². The van der Waals surface area contributed by atoms with Crippen molar-refractivity contribution in [3.05, 3.63) is 34.9 Å². The van der Waals surface area contributed by atoms with E-state index in [4.69, 9.17) is 16.3 Å². The van der Waals surface area contributed by atoms with Crippen LogP contribution in [-0.4, -0.2) is 58.2 Å². The summed E-state index contributed by atoms with van der Waals surface area (Å²) in [6.45, 7) is 7.07. The van der Waals surface area contributed by atoms with Gasteiger partial charge >= 0.3 is 12.1 Å². The van der Waals surface area contributed by atoms with Gasteiger partial charge in [0.1, 0.15) is 11.6 Å². The van der Waals surface area contributed by atoms with Gasteiger partial charge in [0.25, 0.3) is 0 Å². The maximum absolute atomic E-state index is 12.2. The van der Waals surface area contributed by atoms with E-state index in [0.29, 0.717) is 24.7 Å². The standard InChI is InChI=1S/C17H23ClN2O4.ClH/c1-17(2,3)24-16(23)20-9-8-19(11-14(20)15(21)22)10-12-4-6-13(18)7-5-12;/h4-7,14H,8-11H2,1-3H3,(H,21,22);1H. The smallest absolute Gasteiger partial charge is 0.411 e. The molecule has 2 rings (SSSR count). The van der Waals surface area contributed by atoms with Crippen molar-refractivity contribution < 1.29 is 19.4 Å². The normalized spacial score (nSPS) is 18.4. The van der Waals surface area contributed by atoms with Gasteiger partial charge in [0, 0.05) is 31.2 Å². The van der Waals surface area contributed by atoms with E-state index in [-0.39, 0.29) is 19.0 Å². The first-order chi connectivity index (χ1) is 11.2. The first-order valence-corrected chi connectivity index (χ1v) is 8.23. The summed E-state index contributed by atoms with van der Waals surface area (Å²) >= 11 is 5.88. The van der Waals surface area contributed by atoms with Crippen molar-refractivity contribution in [3.8, 4) is 0 Å². The molecule has 0 radical (unpaired) electrons. The molecule has 1 unspecified atom stereocenters. The summed E-state index contributed by atoms with van der Waals surface area (Å²) in [6.07, 6.45) is -0.582. The summed E-state index contributed by atoms with van der Waals surface area (Å²) in [5, 5.41) is 10.1. The van der Waals surface area contributed by atoms with E-state index in [1.165, 1.54) is 4.90 Å². The summed E-state index contributed by atoms with van der Waals surface area (Å²) in [5.41, 5.74) is 0.398. The number of aliphatic carboxylic acids is 1. The van der Waals surface area contributed by atoms with Crippen molar-refractivity contribution in [1.29, 1.82) is 0 Å². The molecular weight excluding hydrogens is 367 g/mol. The highest BCUT2D eigenvalue weighted by atomic mass is 35.5. The van der Waals surface area contributed by atoms with Crippen molar-refractivity contribution in [2.24, 2.45) is 0 Å². The fraction of sp³-hybridized carbons (Fsp3) is 0.529. The van der Waals surface area contributed by atoms with E-state index < -0.39 is 23.7 Å². The number of piperazine rings is 1. The highest BCUT2D eigenvalue weighted by Gasteiger charge is 2.37. The first-order valence-electron chi connectivity index (χ1n) is 7.85. The fourth-order valence-electron chi connectivity index (χ4n) is 2.58. The Kier molecular flexibility index (Phi) is 7.53. The molecule has 0 saturated carbocycles. The van der Waals surface area contributed by atoms with Crippen LogP contribution in [0.4, 0.5) is 4.79 Å². The van der Waals surface area contributed by atoms with Gasteiger partial charge in [0.15, 0.2) is 0 Å². The van der Waals surface area contributed by atoms with Crippen molar-refractivity contribution in [2.45, 2.75) is 39.0 Å². The highest BCUT2D eigenvalue weighted by Crippen LogP contribution is 2.18. The summed E-state index contributed by atoms with van der Waals surface area (Å²) in [7, 11) is 0. The third kappa shape index (κ3) is 6.38.